The minimum atomic E-state index is -4.70. The van der Waals surface area contributed by atoms with E-state index in [0.29, 0.717) is 11.8 Å². The van der Waals surface area contributed by atoms with Crippen LogP contribution in [0.2, 0.25) is 0 Å². The summed E-state index contributed by atoms with van der Waals surface area (Å²) in [4.78, 5) is 31.5. The van der Waals surface area contributed by atoms with Crippen molar-refractivity contribution in [2.24, 2.45) is 0 Å². The smallest absolute Gasteiger partial charge is 0.345 e. The number of nitrogens with one attached hydrogen (secondary N) is 1. The second-order valence-corrected chi connectivity index (χ2v) is 7.54. The molecule has 0 aliphatic heterocycles. The van der Waals surface area contributed by atoms with E-state index < -0.39 is 23.9 Å². The molecule has 5 nitrogen and oxygen atoms in total. The third kappa shape index (κ3) is 5.56. The quantitative estimate of drug-likeness (QED) is 0.450. The van der Waals surface area contributed by atoms with Crippen LogP contribution in [0.1, 0.15) is 18.3 Å². The van der Waals surface area contributed by atoms with Crippen LogP contribution >= 0.6 is 11.8 Å². The van der Waals surface area contributed by atoms with Crippen molar-refractivity contribution in [3.63, 3.8) is 0 Å². The number of hydrogen-bond acceptors (Lipinski definition) is 5. The third-order valence-electron chi connectivity index (χ3n) is 4.27. The lowest BCUT2D eigenvalue weighted by Crippen LogP contribution is -2.42. The van der Waals surface area contributed by atoms with Gasteiger partial charge in [0.2, 0.25) is 11.7 Å². The van der Waals surface area contributed by atoms with E-state index in [0.717, 1.165) is 17.3 Å². The minimum Gasteiger partial charge on any atom is -0.345 e. The Labute approximate surface area is 175 Å². The first-order chi connectivity index (χ1) is 14.2. The van der Waals surface area contributed by atoms with Crippen molar-refractivity contribution in [3.05, 3.63) is 66.0 Å². The number of carbonyl (C=O) groups is 2. The van der Waals surface area contributed by atoms with Crippen molar-refractivity contribution in [3.8, 4) is 0 Å². The molecule has 1 heterocycles. The predicted octanol–water partition coefficient (Wildman–Crippen LogP) is 4.06. The zero-order valence-corrected chi connectivity index (χ0v) is 16.8. The number of alkyl halides is 3. The first kappa shape index (κ1) is 21.8. The normalized spacial score (nSPS) is 12.5. The molecule has 0 saturated heterocycles. The van der Waals surface area contributed by atoms with E-state index in [-0.39, 0.29) is 22.1 Å². The average molecular weight is 433 g/mol. The molecule has 1 atom stereocenters. The maximum absolute atomic E-state index is 13.1. The van der Waals surface area contributed by atoms with Gasteiger partial charge < -0.3 is 5.32 Å². The molecule has 0 saturated carbocycles. The number of Topliss-reactive ketones (excluding diaryl/α,β-unsaturated/α-hetero) is 1. The summed E-state index contributed by atoms with van der Waals surface area (Å²) in [6, 6.07) is 14.8. The number of fused-ring (bicyclic) bond motifs is 1. The van der Waals surface area contributed by atoms with E-state index in [1.54, 1.807) is 18.2 Å². The summed E-state index contributed by atoms with van der Waals surface area (Å²) in [5, 5.41) is 3.14. The lowest BCUT2D eigenvalue weighted by atomic mass is 10.0. The second-order valence-electron chi connectivity index (χ2n) is 6.58. The van der Waals surface area contributed by atoms with Gasteiger partial charge in [0, 0.05) is 5.39 Å². The number of halogens is 3. The number of amides is 1. The first-order valence-electron chi connectivity index (χ1n) is 9.04. The molecule has 3 rings (SSSR count). The number of carbonyl (C=O) groups excluding carboxylic acids is 2. The van der Waals surface area contributed by atoms with Gasteiger partial charge in [-0.3, -0.25) is 9.59 Å². The molecule has 0 bridgehead atoms. The molecule has 0 fully saturated rings. The molecule has 1 amide bonds. The maximum Gasteiger partial charge on any atom is 0.451 e. The van der Waals surface area contributed by atoms with Crippen molar-refractivity contribution >= 4 is 34.4 Å². The number of benzene rings is 2. The van der Waals surface area contributed by atoms with Gasteiger partial charge in [0.15, 0.2) is 5.78 Å². The first-order valence-corrected chi connectivity index (χ1v) is 10.0. The van der Waals surface area contributed by atoms with Gasteiger partial charge >= 0.3 is 6.18 Å². The summed E-state index contributed by atoms with van der Waals surface area (Å²) >= 11 is 0.874. The van der Waals surface area contributed by atoms with Crippen LogP contribution in [0, 0.1) is 0 Å². The van der Waals surface area contributed by atoms with Crippen LogP contribution in [0.5, 0.6) is 0 Å². The standard InChI is InChI=1S/C21H18F3N3O2S/c1-13(28)17(11-14-7-3-2-4-8-14)25-18(29)12-30-19-15-9-5-6-10-16(15)26-20(27-19)21(22,23)24/h2-10,17H,11-12H2,1H3,(H,25,29). The highest BCUT2D eigenvalue weighted by atomic mass is 32.2. The van der Waals surface area contributed by atoms with Gasteiger partial charge in [-0.1, -0.05) is 60.3 Å². The van der Waals surface area contributed by atoms with Crippen LogP contribution in [0.25, 0.3) is 10.9 Å². The van der Waals surface area contributed by atoms with Crippen LogP contribution in [0.15, 0.2) is 59.6 Å². The SMILES string of the molecule is CC(=O)C(Cc1ccccc1)NC(=O)CSc1nc(C(F)(F)F)nc2ccccc12. The Kier molecular flexibility index (Phi) is 6.71. The second kappa shape index (κ2) is 9.25. The largest absolute Gasteiger partial charge is 0.451 e. The number of thioether (sulfide) groups is 1. The average Bonchev–Trinajstić information content (AvgIpc) is 2.71. The van der Waals surface area contributed by atoms with Gasteiger partial charge in [-0.15, -0.1) is 0 Å². The van der Waals surface area contributed by atoms with Crippen molar-refractivity contribution < 1.29 is 22.8 Å². The van der Waals surface area contributed by atoms with Crippen LogP contribution < -0.4 is 5.32 Å². The maximum atomic E-state index is 13.1. The Bertz CT molecular complexity index is 1060. The predicted molar refractivity (Wildman–Crippen MR) is 108 cm³/mol. The Morgan fingerprint density at radius 2 is 1.70 bits per heavy atom. The molecule has 0 aliphatic rings. The summed E-state index contributed by atoms with van der Waals surface area (Å²) in [6.07, 6.45) is -4.36. The number of hydrogen-bond donors (Lipinski definition) is 1. The van der Waals surface area contributed by atoms with Gasteiger partial charge in [-0.25, -0.2) is 9.97 Å². The number of aromatic nitrogens is 2. The Morgan fingerprint density at radius 1 is 1.03 bits per heavy atom. The fraction of sp³-hybridized carbons (Fsp3) is 0.238. The molecule has 0 aliphatic carbocycles. The van der Waals surface area contributed by atoms with Crippen molar-refractivity contribution in [1.29, 1.82) is 0 Å². The Hall–Kier alpha value is -2.94. The summed E-state index contributed by atoms with van der Waals surface area (Å²) < 4.78 is 39.3. The molecule has 9 heteroatoms. The molecular weight excluding hydrogens is 415 g/mol. The van der Waals surface area contributed by atoms with Crippen LogP contribution in [0.3, 0.4) is 0 Å². The van der Waals surface area contributed by atoms with E-state index in [9.17, 15) is 22.8 Å². The lowest BCUT2D eigenvalue weighted by molar-refractivity contribution is -0.145. The van der Waals surface area contributed by atoms with Crippen molar-refractivity contribution in [1.82, 2.24) is 15.3 Å². The zero-order valence-electron chi connectivity index (χ0n) is 15.9. The van der Waals surface area contributed by atoms with E-state index in [2.05, 4.69) is 15.3 Å². The summed E-state index contributed by atoms with van der Waals surface area (Å²) in [6.45, 7) is 1.38. The van der Waals surface area contributed by atoms with E-state index in [1.807, 2.05) is 30.3 Å². The lowest BCUT2D eigenvalue weighted by Gasteiger charge is -2.16. The fourth-order valence-corrected chi connectivity index (χ4v) is 3.63. The van der Waals surface area contributed by atoms with Gasteiger partial charge in [-0.2, -0.15) is 13.2 Å². The molecule has 1 N–H and O–H groups in total. The molecule has 1 unspecified atom stereocenters. The molecule has 2 aromatic carbocycles. The van der Waals surface area contributed by atoms with E-state index in [4.69, 9.17) is 0 Å². The molecular formula is C21H18F3N3O2S. The van der Waals surface area contributed by atoms with Crippen LogP contribution in [-0.4, -0.2) is 33.5 Å². The molecule has 0 spiro atoms. The monoisotopic (exact) mass is 433 g/mol. The Morgan fingerprint density at radius 3 is 2.37 bits per heavy atom. The molecule has 0 radical (unpaired) electrons. The fourth-order valence-electron chi connectivity index (χ4n) is 2.80. The van der Waals surface area contributed by atoms with E-state index >= 15 is 0 Å². The van der Waals surface area contributed by atoms with Gasteiger partial charge in [0.05, 0.1) is 17.3 Å². The summed E-state index contributed by atoms with van der Waals surface area (Å²) in [7, 11) is 0. The van der Waals surface area contributed by atoms with Gasteiger partial charge in [0.25, 0.3) is 0 Å². The molecule has 30 heavy (non-hydrogen) atoms. The molecule has 156 valence electrons. The third-order valence-corrected chi connectivity index (χ3v) is 5.26. The minimum absolute atomic E-state index is 0.0607. The number of rotatable bonds is 7. The van der Waals surface area contributed by atoms with E-state index in [1.165, 1.54) is 13.0 Å². The molecule has 1 aromatic heterocycles. The van der Waals surface area contributed by atoms with Crippen LogP contribution in [0.4, 0.5) is 13.2 Å². The number of nitrogens with zero attached hydrogens (tertiary/aromatic N) is 2. The summed E-state index contributed by atoms with van der Waals surface area (Å²) in [5.41, 5.74) is 1.04. The topological polar surface area (TPSA) is 72.0 Å². The highest BCUT2D eigenvalue weighted by Gasteiger charge is 2.35. The highest BCUT2D eigenvalue weighted by molar-refractivity contribution is 8.00. The Balaban J connectivity index is 1.73. The zero-order chi connectivity index (χ0) is 21.7. The molecule has 3 aromatic rings. The number of para-hydroxylation sites is 1. The summed E-state index contributed by atoms with van der Waals surface area (Å²) in [5.74, 6) is -2.11. The van der Waals surface area contributed by atoms with Crippen molar-refractivity contribution in [2.45, 2.75) is 30.6 Å². The van der Waals surface area contributed by atoms with Crippen molar-refractivity contribution in [2.75, 3.05) is 5.75 Å². The highest BCUT2D eigenvalue weighted by Crippen LogP contribution is 2.31. The number of ketones is 1. The van der Waals surface area contributed by atoms with Gasteiger partial charge in [0.1, 0.15) is 5.03 Å². The van der Waals surface area contributed by atoms with Crippen LogP contribution in [-0.2, 0) is 22.2 Å². The van der Waals surface area contributed by atoms with Gasteiger partial charge in [-0.05, 0) is 25.0 Å².